The summed E-state index contributed by atoms with van der Waals surface area (Å²) in [5.41, 5.74) is 5.09. The highest BCUT2D eigenvalue weighted by atomic mass is 19.3. The number of hydrogen-bond acceptors (Lipinski definition) is 4. The summed E-state index contributed by atoms with van der Waals surface area (Å²) in [5.74, 6) is -0.179. The maximum Gasteiger partial charge on any atom is 0.284 e. The van der Waals surface area contributed by atoms with Gasteiger partial charge in [-0.1, -0.05) is 0 Å². The summed E-state index contributed by atoms with van der Waals surface area (Å²) in [4.78, 5) is 3.46. The van der Waals surface area contributed by atoms with E-state index in [1.165, 1.54) is 13.2 Å². The Hall–Kier alpha value is -1.43. The summed E-state index contributed by atoms with van der Waals surface area (Å²) in [6.07, 6.45) is -2.75. The lowest BCUT2D eigenvalue weighted by molar-refractivity contribution is 0.141. The molecule has 0 atom stereocenters. The monoisotopic (exact) mass is 204 g/mol. The fourth-order valence-corrected chi connectivity index (χ4v) is 1.01. The van der Waals surface area contributed by atoms with Crippen molar-refractivity contribution < 1.29 is 18.6 Å². The lowest BCUT2D eigenvalue weighted by Gasteiger charge is -2.10. The molecule has 6 heteroatoms. The molecule has 0 aliphatic rings. The second-order valence-corrected chi connectivity index (χ2v) is 2.58. The number of nitrogen functional groups attached to an aromatic ring is 1. The van der Waals surface area contributed by atoms with Crippen LogP contribution in [0.25, 0.3) is 0 Å². The highest BCUT2D eigenvalue weighted by Gasteiger charge is 2.18. The van der Waals surface area contributed by atoms with Crippen LogP contribution in [-0.4, -0.2) is 17.2 Å². The van der Waals surface area contributed by atoms with Crippen LogP contribution in [-0.2, 0) is 6.61 Å². The van der Waals surface area contributed by atoms with Crippen molar-refractivity contribution in [3.63, 3.8) is 0 Å². The summed E-state index contributed by atoms with van der Waals surface area (Å²) in [6, 6.07) is 1.25. The molecule has 0 aliphatic heterocycles. The Bertz CT molecular complexity index is 331. The van der Waals surface area contributed by atoms with Crippen LogP contribution in [0.1, 0.15) is 17.7 Å². The smallest absolute Gasteiger partial charge is 0.284 e. The van der Waals surface area contributed by atoms with Crippen LogP contribution in [0.2, 0.25) is 0 Å². The minimum absolute atomic E-state index is 0.0711. The van der Waals surface area contributed by atoms with Gasteiger partial charge in [0.25, 0.3) is 6.43 Å². The van der Waals surface area contributed by atoms with E-state index >= 15 is 0 Å². The fraction of sp³-hybridized carbons (Fsp3) is 0.375. The zero-order valence-corrected chi connectivity index (χ0v) is 7.50. The zero-order valence-electron chi connectivity index (χ0n) is 7.50. The van der Waals surface area contributed by atoms with Crippen LogP contribution in [0.3, 0.4) is 0 Å². The number of anilines is 1. The molecular weight excluding hydrogens is 194 g/mol. The Morgan fingerprint density at radius 3 is 2.71 bits per heavy atom. The number of nitrogens with zero attached hydrogens (tertiary/aromatic N) is 1. The maximum absolute atomic E-state index is 12.4. The van der Waals surface area contributed by atoms with Crippen molar-refractivity contribution in [2.75, 3.05) is 12.8 Å². The van der Waals surface area contributed by atoms with Gasteiger partial charge in [0.2, 0.25) is 0 Å². The van der Waals surface area contributed by atoms with Crippen molar-refractivity contribution in [2.24, 2.45) is 0 Å². The van der Waals surface area contributed by atoms with Gasteiger partial charge >= 0.3 is 0 Å². The predicted molar refractivity (Wildman–Crippen MR) is 46.1 cm³/mol. The molecule has 14 heavy (non-hydrogen) atoms. The number of methoxy groups -OCH3 is 1. The van der Waals surface area contributed by atoms with Gasteiger partial charge in [-0.2, -0.15) is 0 Å². The number of aliphatic hydroxyl groups excluding tert-OH is 1. The Labute approximate surface area is 79.3 Å². The summed E-state index contributed by atoms with van der Waals surface area (Å²) in [7, 11) is 1.25. The lowest BCUT2D eigenvalue weighted by atomic mass is 10.2. The number of rotatable bonds is 3. The van der Waals surface area contributed by atoms with Crippen LogP contribution in [0.5, 0.6) is 5.75 Å². The van der Waals surface area contributed by atoms with Crippen molar-refractivity contribution >= 4 is 5.82 Å². The van der Waals surface area contributed by atoms with Gasteiger partial charge in [-0.15, -0.1) is 0 Å². The van der Waals surface area contributed by atoms with E-state index in [0.29, 0.717) is 0 Å². The van der Waals surface area contributed by atoms with Gasteiger partial charge in [-0.25, -0.2) is 13.8 Å². The van der Waals surface area contributed by atoms with Gasteiger partial charge in [-0.05, 0) is 6.07 Å². The topological polar surface area (TPSA) is 68.4 Å². The first-order chi connectivity index (χ1) is 6.60. The minimum Gasteiger partial charge on any atom is -0.495 e. The van der Waals surface area contributed by atoms with Crippen molar-refractivity contribution in [2.45, 2.75) is 13.0 Å². The zero-order chi connectivity index (χ0) is 10.7. The number of nitrogens with two attached hydrogens (primary N) is 1. The third kappa shape index (κ3) is 1.90. The normalized spacial score (nSPS) is 10.6. The second kappa shape index (κ2) is 4.19. The molecule has 0 radical (unpaired) electrons. The molecule has 1 aromatic heterocycles. The Morgan fingerprint density at radius 2 is 2.29 bits per heavy atom. The number of ether oxygens (including phenoxy) is 1. The van der Waals surface area contributed by atoms with E-state index in [1.807, 2.05) is 0 Å². The molecule has 1 heterocycles. The minimum atomic E-state index is -2.75. The van der Waals surface area contributed by atoms with Crippen molar-refractivity contribution in [3.8, 4) is 5.75 Å². The van der Waals surface area contributed by atoms with Gasteiger partial charge < -0.3 is 15.6 Å². The number of alkyl halides is 2. The standard InChI is InChI=1S/C8H10F2N2O2/c1-14-5-2-4(3-13)8(11)12-6(5)7(9)10/h2,7,13H,3H2,1H3,(H2,11,12). The van der Waals surface area contributed by atoms with Crippen molar-refractivity contribution in [1.29, 1.82) is 0 Å². The average molecular weight is 204 g/mol. The van der Waals surface area contributed by atoms with E-state index in [9.17, 15) is 8.78 Å². The lowest BCUT2D eigenvalue weighted by Crippen LogP contribution is -2.04. The molecular formula is C8H10F2N2O2. The summed E-state index contributed by atoms with van der Waals surface area (Å²) < 4.78 is 29.4. The van der Waals surface area contributed by atoms with Gasteiger partial charge in [0.15, 0.2) is 5.69 Å². The highest BCUT2D eigenvalue weighted by Crippen LogP contribution is 2.29. The Morgan fingerprint density at radius 1 is 1.64 bits per heavy atom. The molecule has 1 rings (SSSR count). The van der Waals surface area contributed by atoms with Gasteiger partial charge in [0.1, 0.15) is 11.6 Å². The quantitative estimate of drug-likeness (QED) is 0.773. The van der Waals surface area contributed by atoms with E-state index in [1.54, 1.807) is 0 Å². The molecule has 1 aromatic rings. The number of aromatic nitrogens is 1. The van der Waals surface area contributed by atoms with Crippen LogP contribution < -0.4 is 10.5 Å². The van der Waals surface area contributed by atoms with Crippen LogP contribution in [0.15, 0.2) is 6.07 Å². The second-order valence-electron chi connectivity index (χ2n) is 2.58. The number of halogens is 2. The molecule has 0 aliphatic carbocycles. The van der Waals surface area contributed by atoms with Crippen LogP contribution in [0.4, 0.5) is 14.6 Å². The van der Waals surface area contributed by atoms with E-state index in [4.69, 9.17) is 15.6 Å². The Kier molecular flexibility index (Phi) is 3.19. The summed E-state index contributed by atoms with van der Waals surface area (Å²) >= 11 is 0. The summed E-state index contributed by atoms with van der Waals surface area (Å²) in [5, 5.41) is 8.80. The number of pyridine rings is 1. The van der Waals surface area contributed by atoms with E-state index in [2.05, 4.69) is 4.98 Å². The first kappa shape index (κ1) is 10.6. The van der Waals surface area contributed by atoms with Gasteiger partial charge in [0.05, 0.1) is 13.7 Å². The van der Waals surface area contributed by atoms with Gasteiger partial charge in [0, 0.05) is 5.56 Å². The first-order valence-electron chi connectivity index (χ1n) is 3.82. The molecule has 3 N–H and O–H groups in total. The number of hydrogen-bond donors (Lipinski definition) is 2. The SMILES string of the molecule is COc1cc(CO)c(N)nc1C(F)F. The molecule has 0 spiro atoms. The fourth-order valence-electron chi connectivity index (χ4n) is 1.01. The molecule has 0 amide bonds. The molecule has 0 saturated heterocycles. The predicted octanol–water partition coefficient (Wildman–Crippen LogP) is 1.10. The van der Waals surface area contributed by atoms with Crippen LogP contribution in [0, 0.1) is 0 Å². The maximum atomic E-state index is 12.4. The summed E-state index contributed by atoms with van der Waals surface area (Å²) in [6.45, 7) is -0.362. The third-order valence-corrected chi connectivity index (χ3v) is 1.72. The Balaban J connectivity index is 3.24. The van der Waals surface area contributed by atoms with E-state index in [-0.39, 0.29) is 23.7 Å². The average Bonchev–Trinajstić information content (AvgIpc) is 2.17. The van der Waals surface area contributed by atoms with Crippen LogP contribution >= 0.6 is 0 Å². The molecule has 0 bridgehead atoms. The molecule has 0 saturated carbocycles. The van der Waals surface area contributed by atoms with E-state index < -0.39 is 12.1 Å². The molecule has 4 nitrogen and oxygen atoms in total. The van der Waals surface area contributed by atoms with Crippen molar-refractivity contribution in [3.05, 3.63) is 17.3 Å². The van der Waals surface area contributed by atoms with E-state index in [0.717, 1.165) is 0 Å². The third-order valence-electron chi connectivity index (χ3n) is 1.72. The number of aliphatic hydroxyl groups is 1. The molecule has 0 unspecified atom stereocenters. The van der Waals surface area contributed by atoms with Crippen molar-refractivity contribution in [1.82, 2.24) is 4.98 Å². The largest absolute Gasteiger partial charge is 0.495 e. The molecule has 0 aromatic carbocycles. The highest BCUT2D eigenvalue weighted by molar-refractivity contribution is 5.46. The first-order valence-corrected chi connectivity index (χ1v) is 3.82. The van der Waals surface area contributed by atoms with Gasteiger partial charge in [-0.3, -0.25) is 0 Å². The molecule has 0 fully saturated rings. The molecule has 78 valence electrons.